The number of amides is 2. The summed E-state index contributed by atoms with van der Waals surface area (Å²) in [5.41, 5.74) is 2.59. The predicted octanol–water partition coefficient (Wildman–Crippen LogP) is 3.57. The summed E-state index contributed by atoms with van der Waals surface area (Å²) in [5.74, 6) is -0.0173. The Morgan fingerprint density at radius 2 is 1.78 bits per heavy atom. The normalized spacial score (nSPS) is 18.7. The molecule has 4 rings (SSSR count). The lowest BCUT2D eigenvalue weighted by Gasteiger charge is -2.32. The summed E-state index contributed by atoms with van der Waals surface area (Å²) in [7, 11) is 1.31. The van der Waals surface area contributed by atoms with Gasteiger partial charge in [0.1, 0.15) is 5.60 Å². The maximum absolute atomic E-state index is 13.3. The molecule has 0 bridgehead atoms. The predicted molar refractivity (Wildman–Crippen MR) is 138 cm³/mol. The summed E-state index contributed by atoms with van der Waals surface area (Å²) in [6.07, 6.45) is 0.224. The van der Waals surface area contributed by atoms with Crippen LogP contribution >= 0.6 is 0 Å². The average Bonchev–Trinajstić information content (AvgIpc) is 3.20. The molecule has 0 spiro atoms. The van der Waals surface area contributed by atoms with Crippen LogP contribution < -0.4 is 10.8 Å². The number of benzene rings is 1. The molecule has 1 N–H and O–H groups in total. The monoisotopic (exact) mass is 496 g/mol. The molecule has 9 nitrogen and oxygen atoms in total. The smallest absolute Gasteiger partial charge is 0.444 e. The largest absolute Gasteiger partial charge is 0.495 e. The summed E-state index contributed by atoms with van der Waals surface area (Å²) < 4.78 is 19.7. The molecule has 2 aromatic rings. The number of hydrogen-bond donors (Lipinski definition) is 1. The molecule has 10 heteroatoms. The molecule has 194 valence electrons. The maximum Gasteiger partial charge on any atom is 0.495 e. The molecule has 1 saturated heterocycles. The van der Waals surface area contributed by atoms with Gasteiger partial charge < -0.3 is 28.8 Å². The van der Waals surface area contributed by atoms with E-state index in [0.717, 1.165) is 16.7 Å². The first-order valence-corrected chi connectivity index (χ1v) is 12.4. The van der Waals surface area contributed by atoms with Crippen LogP contribution in [-0.4, -0.2) is 56.9 Å². The first-order valence-electron chi connectivity index (χ1n) is 12.4. The van der Waals surface area contributed by atoms with Crippen molar-refractivity contribution in [2.24, 2.45) is 7.05 Å². The minimum Gasteiger partial charge on any atom is -0.444 e. The van der Waals surface area contributed by atoms with E-state index in [1.165, 1.54) is 0 Å². The molecule has 2 amide bonds. The van der Waals surface area contributed by atoms with Crippen LogP contribution in [-0.2, 0) is 34.1 Å². The van der Waals surface area contributed by atoms with E-state index in [4.69, 9.17) is 14.0 Å². The molecule has 0 aliphatic carbocycles. The van der Waals surface area contributed by atoms with E-state index in [2.05, 4.69) is 10.3 Å². The van der Waals surface area contributed by atoms with Gasteiger partial charge in [0.2, 0.25) is 0 Å². The van der Waals surface area contributed by atoms with Gasteiger partial charge in [0.25, 0.3) is 5.91 Å². The second kappa shape index (κ2) is 8.92. The van der Waals surface area contributed by atoms with Crippen molar-refractivity contribution in [2.45, 2.75) is 85.2 Å². The number of carbonyl (C=O) groups is 2. The van der Waals surface area contributed by atoms with Crippen molar-refractivity contribution in [1.82, 2.24) is 14.5 Å². The second-order valence-corrected chi connectivity index (χ2v) is 11.6. The number of rotatable bonds is 3. The van der Waals surface area contributed by atoms with E-state index in [-0.39, 0.29) is 12.0 Å². The Labute approximate surface area is 213 Å². The van der Waals surface area contributed by atoms with Crippen LogP contribution in [0.4, 0.5) is 10.5 Å². The third-order valence-corrected chi connectivity index (χ3v) is 7.24. The Kier molecular flexibility index (Phi) is 6.50. The van der Waals surface area contributed by atoms with Crippen LogP contribution in [0.3, 0.4) is 0 Å². The molecule has 1 aromatic carbocycles. The Hall–Kier alpha value is -2.85. The Bertz CT molecular complexity index is 1180. The summed E-state index contributed by atoms with van der Waals surface area (Å²) in [6, 6.07) is 5.69. The lowest BCUT2D eigenvalue weighted by molar-refractivity contribution is 0.00578. The minimum atomic E-state index is -0.570. The van der Waals surface area contributed by atoms with E-state index in [0.29, 0.717) is 36.7 Å². The van der Waals surface area contributed by atoms with Crippen LogP contribution in [0.15, 0.2) is 18.2 Å². The topological polar surface area (TPSA) is 94.9 Å². The number of ether oxygens (including phenoxy) is 1. The van der Waals surface area contributed by atoms with Gasteiger partial charge in [0.05, 0.1) is 23.4 Å². The van der Waals surface area contributed by atoms with Crippen molar-refractivity contribution in [3.63, 3.8) is 0 Å². The zero-order chi connectivity index (χ0) is 26.6. The molecule has 36 heavy (non-hydrogen) atoms. The molecule has 2 aliphatic heterocycles. The second-order valence-electron chi connectivity index (χ2n) is 11.6. The van der Waals surface area contributed by atoms with Gasteiger partial charge >= 0.3 is 13.2 Å². The number of carbonyl (C=O) groups excluding carboxylic acids is 2. The molecule has 0 unspecified atom stereocenters. The minimum absolute atomic E-state index is 0.298. The van der Waals surface area contributed by atoms with Gasteiger partial charge in [-0.2, -0.15) is 0 Å². The Balaban J connectivity index is 1.52. The summed E-state index contributed by atoms with van der Waals surface area (Å²) in [6.45, 7) is 16.3. The van der Waals surface area contributed by atoms with Gasteiger partial charge in [-0.05, 0) is 72.5 Å². The highest BCUT2D eigenvalue weighted by Gasteiger charge is 2.52. The van der Waals surface area contributed by atoms with E-state index >= 15 is 0 Å². The van der Waals surface area contributed by atoms with Gasteiger partial charge in [-0.3, -0.25) is 4.79 Å². The van der Waals surface area contributed by atoms with Crippen LogP contribution in [0.5, 0.6) is 0 Å². The molecule has 3 heterocycles. The third-order valence-electron chi connectivity index (χ3n) is 7.24. The van der Waals surface area contributed by atoms with Gasteiger partial charge in [-0.25, -0.2) is 9.78 Å². The SMILES string of the molecule is Cc1c(NC(=O)c2nc3c(n2C)CCN(C(=O)OC(C)(C)C)C3)cccc1B1OC(C)(C)C(C)(C)O1. The van der Waals surface area contributed by atoms with E-state index in [9.17, 15) is 9.59 Å². The highest BCUT2D eigenvalue weighted by atomic mass is 16.7. The van der Waals surface area contributed by atoms with Crippen LogP contribution in [0.25, 0.3) is 0 Å². The van der Waals surface area contributed by atoms with Crippen LogP contribution in [0.1, 0.15) is 76.0 Å². The zero-order valence-corrected chi connectivity index (χ0v) is 22.8. The number of nitrogens with zero attached hydrogens (tertiary/aromatic N) is 3. The van der Waals surface area contributed by atoms with Gasteiger partial charge in [-0.1, -0.05) is 12.1 Å². The fraction of sp³-hybridized carbons (Fsp3) is 0.577. The first kappa shape index (κ1) is 26.2. The third kappa shape index (κ3) is 4.88. The van der Waals surface area contributed by atoms with Crippen LogP contribution in [0.2, 0.25) is 0 Å². The first-order chi connectivity index (χ1) is 16.6. The van der Waals surface area contributed by atoms with E-state index < -0.39 is 23.9 Å². The van der Waals surface area contributed by atoms with Crippen molar-refractivity contribution in [3.8, 4) is 0 Å². The molecular weight excluding hydrogens is 459 g/mol. The molecule has 0 saturated carbocycles. The maximum atomic E-state index is 13.3. The van der Waals surface area contributed by atoms with Crippen molar-refractivity contribution in [2.75, 3.05) is 11.9 Å². The Morgan fingerprint density at radius 3 is 2.39 bits per heavy atom. The number of hydrogen-bond acceptors (Lipinski definition) is 6. The fourth-order valence-electron chi connectivity index (χ4n) is 4.41. The van der Waals surface area contributed by atoms with Gasteiger partial charge in [0.15, 0.2) is 5.82 Å². The van der Waals surface area contributed by atoms with Crippen molar-refractivity contribution < 1.29 is 23.6 Å². The highest BCUT2D eigenvalue weighted by molar-refractivity contribution is 6.62. The lowest BCUT2D eigenvalue weighted by Crippen LogP contribution is -2.41. The molecular formula is C26H37BN4O5. The molecule has 1 fully saturated rings. The molecule has 2 aliphatic rings. The number of anilines is 1. The van der Waals surface area contributed by atoms with Crippen LogP contribution in [0, 0.1) is 6.92 Å². The lowest BCUT2D eigenvalue weighted by atomic mass is 9.76. The zero-order valence-electron chi connectivity index (χ0n) is 22.8. The highest BCUT2D eigenvalue weighted by Crippen LogP contribution is 2.37. The summed E-state index contributed by atoms with van der Waals surface area (Å²) in [5, 5.41) is 3.01. The summed E-state index contributed by atoms with van der Waals surface area (Å²) in [4.78, 5) is 32.0. The standard InChI is InChI=1S/C26H37BN4O5/c1-16-17(27-35-25(5,6)26(7,8)36-27)11-10-12-18(16)29-22(32)21-28-19-15-31(14-13-20(19)30(21)9)23(33)34-24(2,3)4/h10-12H,13-15H2,1-9H3,(H,29,32). The van der Waals surface area contributed by atoms with Gasteiger partial charge in [-0.15, -0.1) is 0 Å². The van der Waals surface area contributed by atoms with Gasteiger partial charge in [0, 0.05) is 31.4 Å². The fourth-order valence-corrected chi connectivity index (χ4v) is 4.41. The molecule has 0 radical (unpaired) electrons. The molecule has 0 atom stereocenters. The number of imidazole rings is 1. The average molecular weight is 496 g/mol. The summed E-state index contributed by atoms with van der Waals surface area (Å²) >= 11 is 0. The van der Waals surface area contributed by atoms with E-state index in [1.54, 1.807) is 4.90 Å². The Morgan fingerprint density at radius 1 is 1.14 bits per heavy atom. The quantitative estimate of drug-likeness (QED) is 0.653. The van der Waals surface area contributed by atoms with Crippen molar-refractivity contribution in [1.29, 1.82) is 0 Å². The number of aromatic nitrogens is 2. The van der Waals surface area contributed by atoms with Crippen molar-refractivity contribution >= 4 is 30.3 Å². The number of fused-ring (bicyclic) bond motifs is 1. The molecule has 1 aromatic heterocycles. The van der Waals surface area contributed by atoms with Crippen molar-refractivity contribution in [3.05, 3.63) is 41.0 Å². The van der Waals surface area contributed by atoms with E-state index in [1.807, 2.05) is 85.2 Å². The number of nitrogens with one attached hydrogen (secondary N) is 1.